The van der Waals surface area contributed by atoms with E-state index in [9.17, 15) is 4.79 Å². The number of carboxylic acids is 1. The molecule has 7 heteroatoms. The first-order valence-corrected chi connectivity index (χ1v) is 6.00. The van der Waals surface area contributed by atoms with Crippen molar-refractivity contribution in [3.8, 4) is 11.8 Å². The van der Waals surface area contributed by atoms with Crippen LogP contribution in [0.25, 0.3) is 0 Å². The number of nitriles is 1. The van der Waals surface area contributed by atoms with Gasteiger partial charge in [-0.05, 0) is 12.1 Å². The standard InChI is InChI=1S/C12H9N3O3S/c1-18-9-4-7(5-13)2-3-8(9)15-12-14-6-10(19-12)11(16)17/h2-4,6H,1H3,(H,14,15)(H,16,17). The van der Waals surface area contributed by atoms with Crippen LogP contribution in [0, 0.1) is 11.3 Å². The number of anilines is 2. The van der Waals surface area contributed by atoms with Crippen LogP contribution in [0.5, 0.6) is 5.75 Å². The Morgan fingerprint density at radius 3 is 2.95 bits per heavy atom. The fraction of sp³-hybridized carbons (Fsp3) is 0.0833. The van der Waals surface area contributed by atoms with Crippen molar-refractivity contribution in [1.82, 2.24) is 4.98 Å². The first-order valence-electron chi connectivity index (χ1n) is 5.18. The molecule has 1 aromatic carbocycles. The van der Waals surface area contributed by atoms with Crippen LogP contribution < -0.4 is 10.1 Å². The average Bonchev–Trinajstić information content (AvgIpc) is 2.88. The van der Waals surface area contributed by atoms with Gasteiger partial charge in [0.2, 0.25) is 0 Å². The van der Waals surface area contributed by atoms with Crippen molar-refractivity contribution in [3.63, 3.8) is 0 Å². The molecule has 6 nitrogen and oxygen atoms in total. The number of aromatic nitrogens is 1. The van der Waals surface area contributed by atoms with Crippen LogP contribution in [-0.4, -0.2) is 23.2 Å². The molecule has 0 radical (unpaired) electrons. The Morgan fingerprint density at radius 2 is 2.37 bits per heavy atom. The summed E-state index contributed by atoms with van der Waals surface area (Å²) in [6, 6.07) is 6.92. The molecule has 0 unspecified atom stereocenters. The molecule has 96 valence electrons. The minimum absolute atomic E-state index is 0.148. The van der Waals surface area contributed by atoms with E-state index in [1.54, 1.807) is 18.2 Å². The molecular formula is C12H9N3O3S. The molecule has 0 amide bonds. The zero-order valence-corrected chi connectivity index (χ0v) is 10.7. The molecule has 0 aliphatic rings. The third-order valence-electron chi connectivity index (χ3n) is 2.29. The SMILES string of the molecule is COc1cc(C#N)ccc1Nc1ncc(C(=O)O)s1. The maximum atomic E-state index is 10.8. The summed E-state index contributed by atoms with van der Waals surface area (Å²) in [5, 5.41) is 21.0. The monoisotopic (exact) mass is 275 g/mol. The van der Waals surface area contributed by atoms with Crippen molar-refractivity contribution in [2.75, 3.05) is 12.4 Å². The number of carbonyl (C=O) groups is 1. The van der Waals surface area contributed by atoms with Crippen LogP contribution >= 0.6 is 11.3 Å². The zero-order valence-electron chi connectivity index (χ0n) is 9.88. The number of hydrogen-bond donors (Lipinski definition) is 2. The largest absolute Gasteiger partial charge is 0.495 e. The van der Waals surface area contributed by atoms with Gasteiger partial charge in [0.25, 0.3) is 0 Å². The van der Waals surface area contributed by atoms with Crippen molar-refractivity contribution < 1.29 is 14.6 Å². The van der Waals surface area contributed by atoms with Crippen LogP contribution in [-0.2, 0) is 0 Å². The maximum Gasteiger partial charge on any atom is 0.347 e. The molecule has 0 atom stereocenters. The number of aromatic carboxylic acids is 1. The highest BCUT2D eigenvalue weighted by atomic mass is 32.1. The molecule has 2 rings (SSSR count). The van der Waals surface area contributed by atoms with Gasteiger partial charge < -0.3 is 15.2 Å². The number of rotatable bonds is 4. The van der Waals surface area contributed by atoms with Gasteiger partial charge in [-0.2, -0.15) is 5.26 Å². The number of nitrogens with one attached hydrogen (secondary N) is 1. The van der Waals surface area contributed by atoms with Crippen LogP contribution in [0.4, 0.5) is 10.8 Å². The van der Waals surface area contributed by atoms with E-state index < -0.39 is 5.97 Å². The quantitative estimate of drug-likeness (QED) is 0.890. The molecule has 2 aromatic rings. The fourth-order valence-corrected chi connectivity index (χ4v) is 2.08. The van der Waals surface area contributed by atoms with Crippen LogP contribution in [0.1, 0.15) is 15.2 Å². The fourth-order valence-electron chi connectivity index (χ4n) is 1.41. The first-order chi connectivity index (χ1) is 9.13. The van der Waals surface area contributed by atoms with Gasteiger partial charge in [-0.1, -0.05) is 11.3 Å². The second-order valence-electron chi connectivity index (χ2n) is 3.49. The Labute approximate surface area is 112 Å². The third-order valence-corrected chi connectivity index (χ3v) is 3.19. The van der Waals surface area contributed by atoms with Crippen LogP contribution in [0.3, 0.4) is 0 Å². The number of ether oxygens (including phenoxy) is 1. The molecule has 2 N–H and O–H groups in total. The number of benzene rings is 1. The van der Waals surface area contributed by atoms with E-state index >= 15 is 0 Å². The van der Waals surface area contributed by atoms with E-state index in [0.717, 1.165) is 11.3 Å². The summed E-state index contributed by atoms with van der Waals surface area (Å²) >= 11 is 1.02. The van der Waals surface area contributed by atoms with Crippen molar-refractivity contribution in [3.05, 3.63) is 34.8 Å². The van der Waals surface area contributed by atoms with Gasteiger partial charge in [-0.15, -0.1) is 0 Å². The molecule has 0 spiro atoms. The van der Waals surface area contributed by atoms with Gasteiger partial charge in [0.05, 0.1) is 30.6 Å². The molecule has 0 saturated carbocycles. The molecule has 0 aliphatic heterocycles. The van der Waals surface area contributed by atoms with Gasteiger partial charge in [0, 0.05) is 6.07 Å². The van der Waals surface area contributed by atoms with Crippen molar-refractivity contribution >= 4 is 28.1 Å². The Hall–Kier alpha value is -2.59. The second-order valence-corrected chi connectivity index (χ2v) is 4.52. The molecule has 0 fully saturated rings. The lowest BCUT2D eigenvalue weighted by Crippen LogP contribution is -1.94. The molecule has 0 aliphatic carbocycles. The summed E-state index contributed by atoms with van der Waals surface area (Å²) in [7, 11) is 1.49. The predicted octanol–water partition coefficient (Wildman–Crippen LogP) is 2.47. The number of carboxylic acid groups (broad SMARTS) is 1. The molecule has 19 heavy (non-hydrogen) atoms. The van der Waals surface area contributed by atoms with Crippen molar-refractivity contribution in [2.45, 2.75) is 0 Å². The number of methoxy groups -OCH3 is 1. The minimum atomic E-state index is -1.02. The van der Waals surface area contributed by atoms with Gasteiger partial charge in [0.1, 0.15) is 10.6 Å². The predicted molar refractivity (Wildman–Crippen MR) is 70.1 cm³/mol. The third kappa shape index (κ3) is 2.81. The van der Waals surface area contributed by atoms with Crippen molar-refractivity contribution in [2.24, 2.45) is 0 Å². The Bertz CT molecular complexity index is 660. The van der Waals surface area contributed by atoms with Crippen LogP contribution in [0.15, 0.2) is 24.4 Å². The highest BCUT2D eigenvalue weighted by Crippen LogP contribution is 2.30. The van der Waals surface area contributed by atoms with E-state index in [2.05, 4.69) is 10.3 Å². The van der Waals surface area contributed by atoms with Gasteiger partial charge >= 0.3 is 5.97 Å². The summed E-state index contributed by atoms with van der Waals surface area (Å²) in [5.74, 6) is -0.525. The first kappa shape index (κ1) is 12.9. The second kappa shape index (κ2) is 5.37. The van der Waals surface area contributed by atoms with E-state index in [1.165, 1.54) is 13.3 Å². The lowest BCUT2D eigenvalue weighted by molar-refractivity contribution is 0.0702. The van der Waals surface area contributed by atoms with Gasteiger partial charge in [-0.25, -0.2) is 9.78 Å². The zero-order chi connectivity index (χ0) is 13.8. The summed E-state index contributed by atoms with van der Waals surface area (Å²) in [5.41, 5.74) is 1.10. The Balaban J connectivity index is 2.27. The van der Waals surface area contributed by atoms with E-state index in [-0.39, 0.29) is 4.88 Å². The van der Waals surface area contributed by atoms with Gasteiger partial charge in [0.15, 0.2) is 5.13 Å². The lowest BCUT2D eigenvalue weighted by Gasteiger charge is -2.08. The summed E-state index contributed by atoms with van der Waals surface area (Å²) in [6.07, 6.45) is 1.28. The molecule has 0 saturated heterocycles. The van der Waals surface area contributed by atoms with Crippen molar-refractivity contribution in [1.29, 1.82) is 5.26 Å². The highest BCUT2D eigenvalue weighted by molar-refractivity contribution is 7.17. The maximum absolute atomic E-state index is 10.8. The number of nitrogens with zero attached hydrogens (tertiary/aromatic N) is 2. The molecule has 1 heterocycles. The Morgan fingerprint density at radius 1 is 1.58 bits per heavy atom. The normalized spacial score (nSPS) is 9.68. The van der Waals surface area contributed by atoms with E-state index in [0.29, 0.717) is 22.1 Å². The topological polar surface area (TPSA) is 95.2 Å². The molecular weight excluding hydrogens is 266 g/mol. The lowest BCUT2D eigenvalue weighted by atomic mass is 10.2. The number of hydrogen-bond acceptors (Lipinski definition) is 6. The minimum Gasteiger partial charge on any atom is -0.495 e. The van der Waals surface area contributed by atoms with Crippen LogP contribution in [0.2, 0.25) is 0 Å². The van der Waals surface area contributed by atoms with E-state index in [4.69, 9.17) is 15.1 Å². The smallest absolute Gasteiger partial charge is 0.347 e. The number of thiazole rings is 1. The Kier molecular flexibility index (Phi) is 3.63. The highest BCUT2D eigenvalue weighted by Gasteiger charge is 2.10. The summed E-state index contributed by atoms with van der Waals surface area (Å²) < 4.78 is 5.16. The average molecular weight is 275 g/mol. The molecule has 1 aromatic heterocycles. The van der Waals surface area contributed by atoms with E-state index in [1.807, 2.05) is 6.07 Å². The summed E-state index contributed by atoms with van der Waals surface area (Å²) in [6.45, 7) is 0. The molecule has 0 bridgehead atoms. The summed E-state index contributed by atoms with van der Waals surface area (Å²) in [4.78, 5) is 14.9. The van der Waals surface area contributed by atoms with Gasteiger partial charge in [-0.3, -0.25) is 0 Å².